The van der Waals surface area contributed by atoms with E-state index in [1.54, 1.807) is 14.1 Å². The minimum Gasteiger partial charge on any atom is -0.243 e. The summed E-state index contributed by atoms with van der Waals surface area (Å²) >= 11 is 0. The molecular formula is C12H16N4O2S. The summed E-state index contributed by atoms with van der Waals surface area (Å²) in [6.07, 6.45) is 2.81. The molecule has 19 heavy (non-hydrogen) atoms. The van der Waals surface area contributed by atoms with Crippen molar-refractivity contribution in [2.45, 2.75) is 6.92 Å². The molecule has 0 saturated carbocycles. The molecule has 0 radical (unpaired) electrons. The Morgan fingerprint density at radius 2 is 1.84 bits per heavy atom. The van der Waals surface area contributed by atoms with Crippen molar-refractivity contribution in [2.75, 3.05) is 14.1 Å². The van der Waals surface area contributed by atoms with Crippen LogP contribution in [0.3, 0.4) is 0 Å². The van der Waals surface area contributed by atoms with E-state index >= 15 is 0 Å². The zero-order valence-electron chi connectivity index (χ0n) is 11.0. The number of nitrogens with zero attached hydrogens (tertiary/aromatic N) is 3. The maximum atomic E-state index is 12.1. The van der Waals surface area contributed by atoms with Crippen molar-refractivity contribution in [1.82, 2.24) is 18.8 Å². The van der Waals surface area contributed by atoms with Crippen LogP contribution in [0.1, 0.15) is 5.56 Å². The van der Waals surface area contributed by atoms with Crippen LogP contribution < -0.4 is 4.83 Å². The Labute approximate surface area is 112 Å². The van der Waals surface area contributed by atoms with E-state index < -0.39 is 10.2 Å². The molecule has 0 spiro atoms. The maximum absolute atomic E-state index is 12.1. The molecule has 2 rings (SSSR count). The summed E-state index contributed by atoms with van der Waals surface area (Å²) in [6, 6.07) is 7.60. The van der Waals surface area contributed by atoms with Gasteiger partial charge in [-0.25, -0.2) is 14.0 Å². The molecule has 0 aliphatic heterocycles. The lowest BCUT2D eigenvalue weighted by molar-refractivity contribution is 0.361. The van der Waals surface area contributed by atoms with Gasteiger partial charge >= 0.3 is 10.2 Å². The fraction of sp³-hybridized carbons (Fsp3) is 0.250. The Bertz CT molecular complexity index is 659. The average Bonchev–Trinajstić information content (AvgIpc) is 2.78. The highest BCUT2D eigenvalue weighted by atomic mass is 32.2. The fourth-order valence-electron chi connectivity index (χ4n) is 1.68. The summed E-state index contributed by atoms with van der Waals surface area (Å²) in [5, 5.41) is 1.37. The van der Waals surface area contributed by atoms with Gasteiger partial charge in [0.15, 0.2) is 0 Å². The number of imidazole rings is 1. The van der Waals surface area contributed by atoms with E-state index in [4.69, 9.17) is 0 Å². The minimum atomic E-state index is -3.68. The molecule has 2 aromatic rings. The summed E-state index contributed by atoms with van der Waals surface area (Å²) < 4.78 is 25.4. The van der Waals surface area contributed by atoms with Crippen molar-refractivity contribution >= 4 is 10.2 Å². The zero-order chi connectivity index (χ0) is 14.0. The van der Waals surface area contributed by atoms with E-state index in [1.807, 2.05) is 31.2 Å². The maximum Gasteiger partial charge on any atom is 0.319 e. The van der Waals surface area contributed by atoms with Crippen LogP contribution in [-0.4, -0.2) is 36.5 Å². The molecule has 1 N–H and O–H groups in total. The van der Waals surface area contributed by atoms with E-state index in [2.05, 4.69) is 9.82 Å². The van der Waals surface area contributed by atoms with Crippen LogP contribution in [-0.2, 0) is 10.2 Å². The molecule has 0 fully saturated rings. The largest absolute Gasteiger partial charge is 0.319 e. The number of rotatable bonds is 4. The summed E-state index contributed by atoms with van der Waals surface area (Å²) in [5.74, 6) is 0. The van der Waals surface area contributed by atoms with Crippen molar-refractivity contribution in [1.29, 1.82) is 0 Å². The summed E-state index contributed by atoms with van der Waals surface area (Å²) in [4.78, 5) is 6.29. The topological polar surface area (TPSA) is 67.2 Å². The lowest BCUT2D eigenvalue weighted by atomic mass is 10.1. The van der Waals surface area contributed by atoms with Gasteiger partial charge in [0.2, 0.25) is 0 Å². The van der Waals surface area contributed by atoms with Crippen molar-refractivity contribution in [3.8, 4) is 11.3 Å². The molecule has 1 heterocycles. The molecule has 102 valence electrons. The summed E-state index contributed by atoms with van der Waals surface area (Å²) in [5.41, 5.74) is 2.44. The molecule has 0 aliphatic rings. The Morgan fingerprint density at radius 1 is 1.21 bits per heavy atom. The van der Waals surface area contributed by atoms with Gasteiger partial charge in [-0.15, -0.1) is 4.83 Å². The van der Waals surface area contributed by atoms with E-state index in [9.17, 15) is 8.42 Å². The fourth-order valence-corrected chi connectivity index (χ4v) is 2.82. The Hall–Kier alpha value is -1.70. The first-order chi connectivity index (χ1) is 8.90. The molecule has 6 nitrogen and oxygen atoms in total. The van der Waals surface area contributed by atoms with Gasteiger partial charge in [-0.1, -0.05) is 29.8 Å². The third kappa shape index (κ3) is 3.01. The normalized spacial score (nSPS) is 12.0. The summed E-state index contributed by atoms with van der Waals surface area (Å²) in [7, 11) is -0.453. The van der Waals surface area contributed by atoms with Gasteiger partial charge in [-0.2, -0.15) is 8.42 Å². The molecule has 0 bridgehead atoms. The van der Waals surface area contributed by atoms with Crippen molar-refractivity contribution in [3.63, 3.8) is 0 Å². The Morgan fingerprint density at radius 3 is 2.42 bits per heavy atom. The molecule has 0 amide bonds. The number of hydrazine groups is 1. The van der Waals surface area contributed by atoms with E-state index in [1.165, 1.54) is 17.5 Å². The highest BCUT2D eigenvalue weighted by molar-refractivity contribution is 7.88. The van der Waals surface area contributed by atoms with Crippen LogP contribution in [0.15, 0.2) is 36.8 Å². The van der Waals surface area contributed by atoms with Crippen molar-refractivity contribution in [2.24, 2.45) is 0 Å². The standard InChI is InChI=1S/C12H16N4O2S/c1-10-4-6-11(7-5-10)12-8-13-9-16(12)19(17,18)14-15(2)3/h4-9,14H,1-3H3. The van der Waals surface area contributed by atoms with Gasteiger partial charge in [0.25, 0.3) is 0 Å². The van der Waals surface area contributed by atoms with Crippen molar-refractivity contribution < 1.29 is 8.42 Å². The van der Waals surface area contributed by atoms with Crippen LogP contribution in [0.4, 0.5) is 0 Å². The highest BCUT2D eigenvalue weighted by Crippen LogP contribution is 2.20. The average molecular weight is 280 g/mol. The number of benzene rings is 1. The smallest absolute Gasteiger partial charge is 0.243 e. The SMILES string of the molecule is Cc1ccc(-c2cncn2S(=O)(=O)NN(C)C)cc1. The quantitative estimate of drug-likeness (QED) is 0.849. The lowest BCUT2D eigenvalue weighted by Gasteiger charge is -2.14. The monoisotopic (exact) mass is 280 g/mol. The second-order valence-electron chi connectivity index (χ2n) is 4.43. The van der Waals surface area contributed by atoms with E-state index in [-0.39, 0.29) is 0 Å². The van der Waals surface area contributed by atoms with Gasteiger partial charge in [0.1, 0.15) is 6.33 Å². The molecule has 1 aromatic heterocycles. The van der Waals surface area contributed by atoms with Crippen LogP contribution >= 0.6 is 0 Å². The number of hydrogen-bond acceptors (Lipinski definition) is 4. The van der Waals surface area contributed by atoms with Crippen LogP contribution in [0, 0.1) is 6.92 Å². The minimum absolute atomic E-state index is 0.523. The van der Waals surface area contributed by atoms with Gasteiger partial charge in [0, 0.05) is 19.7 Å². The number of aryl methyl sites for hydroxylation is 1. The molecule has 1 aromatic carbocycles. The van der Waals surface area contributed by atoms with Crippen LogP contribution in [0.25, 0.3) is 11.3 Å². The van der Waals surface area contributed by atoms with Crippen LogP contribution in [0.5, 0.6) is 0 Å². The number of aromatic nitrogens is 2. The second-order valence-corrected chi connectivity index (χ2v) is 5.96. The lowest BCUT2D eigenvalue weighted by Crippen LogP contribution is -2.39. The summed E-state index contributed by atoms with van der Waals surface area (Å²) in [6.45, 7) is 1.98. The molecule has 0 atom stereocenters. The first-order valence-electron chi connectivity index (χ1n) is 5.70. The van der Waals surface area contributed by atoms with E-state index in [0.29, 0.717) is 5.69 Å². The number of hydrogen-bond donors (Lipinski definition) is 1. The predicted octanol–water partition coefficient (Wildman–Crippen LogP) is 1.02. The second kappa shape index (κ2) is 5.12. The van der Waals surface area contributed by atoms with Gasteiger partial charge in [-0.05, 0) is 6.92 Å². The zero-order valence-corrected chi connectivity index (χ0v) is 11.8. The number of nitrogens with one attached hydrogen (secondary N) is 1. The highest BCUT2D eigenvalue weighted by Gasteiger charge is 2.18. The predicted molar refractivity (Wildman–Crippen MR) is 73.5 cm³/mol. The van der Waals surface area contributed by atoms with Gasteiger partial charge < -0.3 is 0 Å². The molecule has 7 heteroatoms. The Balaban J connectivity index is 2.46. The van der Waals surface area contributed by atoms with Crippen molar-refractivity contribution in [3.05, 3.63) is 42.4 Å². The van der Waals surface area contributed by atoms with Gasteiger partial charge in [0.05, 0.1) is 11.9 Å². The third-order valence-corrected chi connectivity index (χ3v) is 3.91. The van der Waals surface area contributed by atoms with E-state index in [0.717, 1.165) is 15.1 Å². The molecular weight excluding hydrogens is 264 g/mol. The molecule has 0 saturated heterocycles. The van der Waals surface area contributed by atoms with Gasteiger partial charge in [-0.3, -0.25) is 0 Å². The third-order valence-electron chi connectivity index (χ3n) is 2.51. The first kappa shape index (κ1) is 13.7. The Kier molecular flexibility index (Phi) is 3.70. The van der Waals surface area contributed by atoms with Crippen LogP contribution in [0.2, 0.25) is 0 Å². The molecule has 0 aliphatic carbocycles. The molecule has 0 unspecified atom stereocenters. The first-order valence-corrected chi connectivity index (χ1v) is 7.14.